The quantitative estimate of drug-likeness (QED) is 0.679. The summed E-state index contributed by atoms with van der Waals surface area (Å²) < 4.78 is 0.255. The molecule has 1 amide bonds. The predicted octanol–water partition coefficient (Wildman–Crippen LogP) is 3.28. The number of nitrogens with zero attached hydrogens (tertiary/aromatic N) is 1. The lowest BCUT2D eigenvalue weighted by Crippen LogP contribution is -2.38. The molecule has 2 fully saturated rings. The fourth-order valence-corrected chi connectivity index (χ4v) is 4.09. The molecule has 2 saturated carbocycles. The van der Waals surface area contributed by atoms with Crippen LogP contribution in [0.25, 0.3) is 0 Å². The van der Waals surface area contributed by atoms with E-state index < -0.39 is 4.92 Å². The second kappa shape index (κ2) is 5.16. The average molecular weight is 339 g/mol. The first-order chi connectivity index (χ1) is 9.56. The second-order valence-corrected chi connectivity index (χ2v) is 6.44. The summed E-state index contributed by atoms with van der Waals surface area (Å²) in [5.74, 6) is 1.11. The van der Waals surface area contributed by atoms with Crippen molar-refractivity contribution in [2.75, 3.05) is 0 Å². The van der Waals surface area contributed by atoms with Gasteiger partial charge in [-0.1, -0.05) is 12.5 Å². The Morgan fingerprint density at radius 2 is 2.15 bits per heavy atom. The summed E-state index contributed by atoms with van der Waals surface area (Å²) >= 11 is 3.17. The van der Waals surface area contributed by atoms with Gasteiger partial charge in [0.1, 0.15) is 4.47 Å². The van der Waals surface area contributed by atoms with Crippen LogP contribution < -0.4 is 5.32 Å². The van der Waals surface area contributed by atoms with Gasteiger partial charge in [0.05, 0.1) is 10.5 Å². The number of hydrogen-bond acceptors (Lipinski definition) is 3. The SMILES string of the molecule is O=C(NC1CC2CCC1C2)c1cccc([N+](=O)[O-])c1Br. The maximum Gasteiger partial charge on any atom is 0.284 e. The Morgan fingerprint density at radius 1 is 1.35 bits per heavy atom. The van der Waals surface area contributed by atoms with Gasteiger partial charge in [0.15, 0.2) is 0 Å². The van der Waals surface area contributed by atoms with E-state index in [9.17, 15) is 14.9 Å². The number of fused-ring (bicyclic) bond motifs is 2. The molecule has 0 saturated heterocycles. The van der Waals surface area contributed by atoms with Gasteiger partial charge in [0, 0.05) is 12.1 Å². The lowest BCUT2D eigenvalue weighted by atomic mass is 9.95. The van der Waals surface area contributed by atoms with Crippen LogP contribution in [0.15, 0.2) is 22.7 Å². The normalized spacial score (nSPS) is 27.6. The Hall–Kier alpha value is -1.43. The van der Waals surface area contributed by atoms with E-state index in [1.807, 2.05) is 0 Å². The minimum Gasteiger partial charge on any atom is -0.349 e. The predicted molar refractivity (Wildman–Crippen MR) is 77.5 cm³/mol. The molecule has 1 N–H and O–H groups in total. The van der Waals surface area contributed by atoms with E-state index >= 15 is 0 Å². The minimum absolute atomic E-state index is 0.0782. The molecule has 6 heteroatoms. The smallest absolute Gasteiger partial charge is 0.284 e. The Kier molecular flexibility index (Phi) is 3.50. The Labute approximate surface area is 125 Å². The number of benzene rings is 1. The highest BCUT2D eigenvalue weighted by Gasteiger charge is 2.40. The van der Waals surface area contributed by atoms with Crippen LogP contribution in [-0.2, 0) is 0 Å². The summed E-state index contributed by atoms with van der Waals surface area (Å²) in [4.78, 5) is 22.7. The zero-order chi connectivity index (χ0) is 14.3. The summed E-state index contributed by atoms with van der Waals surface area (Å²) in [5.41, 5.74) is 0.257. The number of nitro benzene ring substituents is 1. The molecule has 0 heterocycles. The zero-order valence-corrected chi connectivity index (χ0v) is 12.4. The third-order valence-electron chi connectivity index (χ3n) is 4.47. The van der Waals surface area contributed by atoms with Gasteiger partial charge in [-0.25, -0.2) is 0 Å². The fourth-order valence-electron chi connectivity index (χ4n) is 3.50. The molecule has 3 atom stereocenters. The van der Waals surface area contributed by atoms with Gasteiger partial charge < -0.3 is 5.32 Å². The van der Waals surface area contributed by atoms with Crippen molar-refractivity contribution in [1.82, 2.24) is 5.32 Å². The topological polar surface area (TPSA) is 72.2 Å². The lowest BCUT2D eigenvalue weighted by Gasteiger charge is -2.23. The first-order valence-electron chi connectivity index (χ1n) is 6.80. The van der Waals surface area contributed by atoms with Gasteiger partial charge in [-0.3, -0.25) is 14.9 Å². The van der Waals surface area contributed by atoms with Crippen molar-refractivity contribution in [2.24, 2.45) is 11.8 Å². The maximum atomic E-state index is 12.3. The van der Waals surface area contributed by atoms with Crippen LogP contribution in [0.3, 0.4) is 0 Å². The Balaban J connectivity index is 1.77. The van der Waals surface area contributed by atoms with Gasteiger partial charge >= 0.3 is 0 Å². The van der Waals surface area contributed by atoms with Crippen molar-refractivity contribution >= 4 is 27.5 Å². The van der Waals surface area contributed by atoms with Gasteiger partial charge in [-0.15, -0.1) is 0 Å². The second-order valence-electron chi connectivity index (χ2n) is 5.65. The molecule has 0 radical (unpaired) electrons. The molecule has 3 rings (SSSR count). The largest absolute Gasteiger partial charge is 0.349 e. The van der Waals surface area contributed by atoms with Crippen molar-refractivity contribution in [3.63, 3.8) is 0 Å². The molecule has 1 aromatic rings. The van der Waals surface area contributed by atoms with Crippen LogP contribution in [0.4, 0.5) is 5.69 Å². The van der Waals surface area contributed by atoms with Crippen LogP contribution in [0.5, 0.6) is 0 Å². The molecule has 0 aromatic heterocycles. The molecule has 2 aliphatic carbocycles. The van der Waals surface area contributed by atoms with Crippen molar-refractivity contribution < 1.29 is 9.72 Å². The molecule has 1 aromatic carbocycles. The molecule has 3 unspecified atom stereocenters. The number of halogens is 1. The number of carbonyl (C=O) groups is 1. The summed E-state index contributed by atoms with van der Waals surface area (Å²) in [6, 6.07) is 4.77. The monoisotopic (exact) mass is 338 g/mol. The Morgan fingerprint density at radius 3 is 2.75 bits per heavy atom. The number of nitrogens with one attached hydrogen (secondary N) is 1. The third-order valence-corrected chi connectivity index (χ3v) is 5.31. The van der Waals surface area contributed by atoms with Gasteiger partial charge in [0.25, 0.3) is 11.6 Å². The molecule has 106 valence electrons. The number of amides is 1. The molecule has 0 aliphatic heterocycles. The van der Waals surface area contributed by atoms with Crippen LogP contribution >= 0.6 is 15.9 Å². The molecular weight excluding hydrogens is 324 g/mol. The van der Waals surface area contributed by atoms with E-state index in [-0.39, 0.29) is 22.1 Å². The third kappa shape index (κ3) is 2.32. The van der Waals surface area contributed by atoms with Gasteiger partial charge in [0.2, 0.25) is 0 Å². The Bertz CT molecular complexity index is 576. The molecule has 0 spiro atoms. The van der Waals surface area contributed by atoms with Crippen molar-refractivity contribution in [3.05, 3.63) is 38.3 Å². The minimum atomic E-state index is -0.488. The van der Waals surface area contributed by atoms with Crippen LogP contribution in [-0.4, -0.2) is 16.9 Å². The summed E-state index contributed by atoms with van der Waals surface area (Å²) in [6.45, 7) is 0. The number of nitro groups is 1. The van der Waals surface area contributed by atoms with Crippen molar-refractivity contribution in [3.8, 4) is 0 Å². The number of rotatable bonds is 3. The highest BCUT2D eigenvalue weighted by atomic mass is 79.9. The van der Waals surface area contributed by atoms with E-state index in [4.69, 9.17) is 0 Å². The lowest BCUT2D eigenvalue weighted by molar-refractivity contribution is -0.385. The molecule has 5 nitrogen and oxygen atoms in total. The molecule has 2 bridgehead atoms. The average Bonchev–Trinajstić information content (AvgIpc) is 3.00. The molecule has 20 heavy (non-hydrogen) atoms. The summed E-state index contributed by atoms with van der Waals surface area (Å²) in [5, 5.41) is 13.9. The molecular formula is C14H15BrN2O3. The van der Waals surface area contributed by atoms with Crippen LogP contribution in [0.1, 0.15) is 36.0 Å². The van der Waals surface area contributed by atoms with E-state index in [2.05, 4.69) is 21.2 Å². The number of hydrogen-bond donors (Lipinski definition) is 1. The zero-order valence-electron chi connectivity index (χ0n) is 10.8. The fraction of sp³-hybridized carbons (Fsp3) is 0.500. The van der Waals surface area contributed by atoms with E-state index in [1.165, 1.54) is 25.3 Å². The van der Waals surface area contributed by atoms with Crippen molar-refractivity contribution in [1.29, 1.82) is 0 Å². The summed E-state index contributed by atoms with van der Waals surface area (Å²) in [6.07, 6.45) is 4.72. The molecule has 2 aliphatic rings. The highest BCUT2D eigenvalue weighted by Crippen LogP contribution is 2.44. The highest BCUT2D eigenvalue weighted by molar-refractivity contribution is 9.10. The van der Waals surface area contributed by atoms with E-state index in [1.54, 1.807) is 12.1 Å². The van der Waals surface area contributed by atoms with Crippen LogP contribution in [0, 0.1) is 22.0 Å². The van der Waals surface area contributed by atoms with Crippen molar-refractivity contribution in [2.45, 2.75) is 31.7 Å². The summed E-state index contributed by atoms with van der Waals surface area (Å²) in [7, 11) is 0. The van der Waals surface area contributed by atoms with Crippen LogP contribution in [0.2, 0.25) is 0 Å². The maximum absolute atomic E-state index is 12.3. The van der Waals surface area contributed by atoms with E-state index in [0.717, 1.165) is 12.3 Å². The van der Waals surface area contributed by atoms with Gasteiger partial charge in [-0.2, -0.15) is 0 Å². The van der Waals surface area contributed by atoms with E-state index in [0.29, 0.717) is 11.5 Å². The first-order valence-corrected chi connectivity index (χ1v) is 7.59. The first kappa shape index (κ1) is 13.5. The number of carbonyl (C=O) groups excluding carboxylic acids is 1. The van der Waals surface area contributed by atoms with Gasteiger partial charge in [-0.05, 0) is 53.1 Å². The standard InChI is InChI=1S/C14H15BrN2O3/c15-13-10(2-1-3-12(13)17(19)20)14(18)16-11-7-8-4-5-9(11)6-8/h1-3,8-9,11H,4-7H2,(H,16,18).